The van der Waals surface area contributed by atoms with Crippen LogP contribution in [0, 0.1) is 0 Å². The molecule has 0 fully saturated rings. The molecule has 4 nitrogen and oxygen atoms in total. The number of halogens is 1. The van der Waals surface area contributed by atoms with E-state index < -0.39 is 0 Å². The third-order valence-electron chi connectivity index (χ3n) is 3.00. The van der Waals surface area contributed by atoms with Crippen LogP contribution in [0.15, 0.2) is 28.1 Å². The zero-order valence-corrected chi connectivity index (χ0v) is 13.9. The van der Waals surface area contributed by atoms with Gasteiger partial charge in [0.1, 0.15) is 17.2 Å². The first kappa shape index (κ1) is 15.2. The molecule has 1 aromatic heterocycles. The van der Waals surface area contributed by atoms with Crippen molar-refractivity contribution in [2.75, 3.05) is 21.3 Å². The van der Waals surface area contributed by atoms with Crippen molar-refractivity contribution in [3.8, 4) is 17.2 Å². The fraction of sp³-hybridized carbons (Fsp3) is 0.286. The molecule has 1 aromatic carbocycles. The largest absolute Gasteiger partial charge is 0.496 e. The molecule has 1 heterocycles. The number of nitrogens with two attached hydrogens (primary N) is 1. The summed E-state index contributed by atoms with van der Waals surface area (Å²) in [6, 6.07) is 5.31. The van der Waals surface area contributed by atoms with Crippen molar-refractivity contribution in [3.05, 3.63) is 38.5 Å². The van der Waals surface area contributed by atoms with Gasteiger partial charge in [0.05, 0.1) is 36.7 Å². The van der Waals surface area contributed by atoms with E-state index in [4.69, 9.17) is 19.9 Å². The summed E-state index contributed by atoms with van der Waals surface area (Å²) < 4.78 is 16.9. The SMILES string of the molecule is COc1cc(C(N)c2sccc2OC)c(OC)cc1Br. The highest BCUT2D eigenvalue weighted by Crippen LogP contribution is 2.40. The number of ether oxygens (including phenoxy) is 3. The molecule has 0 spiro atoms. The summed E-state index contributed by atoms with van der Waals surface area (Å²) in [5.41, 5.74) is 7.22. The van der Waals surface area contributed by atoms with E-state index in [9.17, 15) is 0 Å². The Morgan fingerprint density at radius 1 is 1.05 bits per heavy atom. The Morgan fingerprint density at radius 2 is 1.70 bits per heavy atom. The van der Waals surface area contributed by atoms with Crippen LogP contribution in [0.1, 0.15) is 16.5 Å². The van der Waals surface area contributed by atoms with Gasteiger partial charge < -0.3 is 19.9 Å². The lowest BCUT2D eigenvalue weighted by atomic mass is 10.0. The molecule has 20 heavy (non-hydrogen) atoms. The van der Waals surface area contributed by atoms with Crippen molar-refractivity contribution in [2.24, 2.45) is 5.73 Å². The average Bonchev–Trinajstić information content (AvgIpc) is 2.94. The average molecular weight is 358 g/mol. The number of hydrogen-bond donors (Lipinski definition) is 1. The predicted molar refractivity (Wildman–Crippen MR) is 84.1 cm³/mol. The summed E-state index contributed by atoms with van der Waals surface area (Å²) in [6.07, 6.45) is 0. The van der Waals surface area contributed by atoms with E-state index in [0.29, 0.717) is 11.5 Å². The first-order chi connectivity index (χ1) is 9.62. The topological polar surface area (TPSA) is 53.7 Å². The van der Waals surface area contributed by atoms with Crippen molar-refractivity contribution >= 4 is 27.3 Å². The summed E-state index contributed by atoms with van der Waals surface area (Å²) in [4.78, 5) is 0.954. The number of hydrogen-bond acceptors (Lipinski definition) is 5. The standard InChI is InChI=1S/C14H16BrNO3S/c1-17-10-4-5-20-14(10)13(16)8-6-12(19-3)9(15)7-11(8)18-2/h4-7,13H,16H2,1-3H3. The number of rotatable bonds is 5. The normalized spacial score (nSPS) is 12.1. The highest BCUT2D eigenvalue weighted by molar-refractivity contribution is 9.10. The second-order valence-corrected chi connectivity index (χ2v) is 5.86. The zero-order chi connectivity index (χ0) is 14.7. The minimum Gasteiger partial charge on any atom is -0.496 e. The fourth-order valence-electron chi connectivity index (χ4n) is 1.97. The third-order valence-corrected chi connectivity index (χ3v) is 4.60. The van der Waals surface area contributed by atoms with Gasteiger partial charge in [-0.3, -0.25) is 0 Å². The molecular weight excluding hydrogens is 342 g/mol. The van der Waals surface area contributed by atoms with Crippen LogP contribution in [0.25, 0.3) is 0 Å². The van der Waals surface area contributed by atoms with E-state index in [2.05, 4.69) is 15.9 Å². The van der Waals surface area contributed by atoms with Crippen molar-refractivity contribution in [1.82, 2.24) is 0 Å². The van der Waals surface area contributed by atoms with Gasteiger partial charge in [-0.1, -0.05) is 0 Å². The van der Waals surface area contributed by atoms with Crippen LogP contribution in [0.4, 0.5) is 0 Å². The molecule has 108 valence electrons. The Balaban J connectivity index is 2.50. The van der Waals surface area contributed by atoms with Gasteiger partial charge in [-0.05, 0) is 39.5 Å². The maximum absolute atomic E-state index is 6.37. The third kappa shape index (κ3) is 2.77. The van der Waals surface area contributed by atoms with Crippen molar-refractivity contribution in [3.63, 3.8) is 0 Å². The lowest BCUT2D eigenvalue weighted by molar-refractivity contribution is 0.393. The monoisotopic (exact) mass is 357 g/mol. The molecule has 1 unspecified atom stereocenters. The Morgan fingerprint density at radius 3 is 2.30 bits per heavy atom. The summed E-state index contributed by atoms with van der Waals surface area (Å²) >= 11 is 5.00. The van der Waals surface area contributed by atoms with E-state index in [1.165, 1.54) is 0 Å². The molecule has 0 aliphatic rings. The van der Waals surface area contributed by atoms with Gasteiger partial charge in [-0.2, -0.15) is 0 Å². The Bertz CT molecular complexity index is 600. The highest BCUT2D eigenvalue weighted by atomic mass is 79.9. The molecule has 2 N–H and O–H groups in total. The van der Waals surface area contributed by atoms with Crippen molar-refractivity contribution < 1.29 is 14.2 Å². The molecule has 6 heteroatoms. The molecule has 0 aliphatic heterocycles. The van der Waals surface area contributed by atoms with Crippen LogP contribution >= 0.6 is 27.3 Å². The number of thiophene rings is 1. The van der Waals surface area contributed by atoms with Gasteiger partial charge >= 0.3 is 0 Å². The second kappa shape index (κ2) is 6.47. The first-order valence-corrected chi connectivity index (χ1v) is 7.58. The molecule has 2 rings (SSSR count). The van der Waals surface area contributed by atoms with Crippen LogP contribution in [0.2, 0.25) is 0 Å². The molecule has 0 saturated heterocycles. The van der Waals surface area contributed by atoms with Gasteiger partial charge in [0, 0.05) is 5.56 Å². The highest BCUT2D eigenvalue weighted by Gasteiger charge is 2.21. The van der Waals surface area contributed by atoms with Crippen molar-refractivity contribution in [1.29, 1.82) is 0 Å². The molecule has 2 aromatic rings. The van der Waals surface area contributed by atoms with Crippen LogP contribution in [0.3, 0.4) is 0 Å². The van der Waals surface area contributed by atoms with Crippen LogP contribution < -0.4 is 19.9 Å². The molecule has 0 bridgehead atoms. The predicted octanol–water partition coefficient (Wildman–Crippen LogP) is 3.58. The zero-order valence-electron chi connectivity index (χ0n) is 11.5. The molecule has 0 radical (unpaired) electrons. The lowest BCUT2D eigenvalue weighted by Gasteiger charge is -2.18. The second-order valence-electron chi connectivity index (χ2n) is 4.06. The maximum Gasteiger partial charge on any atom is 0.134 e. The quantitative estimate of drug-likeness (QED) is 0.888. The molecule has 0 amide bonds. The Kier molecular flexibility index (Phi) is 4.91. The summed E-state index contributed by atoms with van der Waals surface area (Å²) in [7, 11) is 4.88. The minimum atomic E-state index is -0.332. The van der Waals surface area contributed by atoms with Gasteiger partial charge in [0.2, 0.25) is 0 Å². The lowest BCUT2D eigenvalue weighted by Crippen LogP contribution is -2.13. The first-order valence-electron chi connectivity index (χ1n) is 5.90. The fourth-order valence-corrected chi connectivity index (χ4v) is 3.34. The molecule has 1 atom stereocenters. The summed E-state index contributed by atoms with van der Waals surface area (Å²) in [5, 5.41) is 1.95. The number of methoxy groups -OCH3 is 3. The van der Waals surface area contributed by atoms with Crippen molar-refractivity contribution in [2.45, 2.75) is 6.04 Å². The maximum atomic E-state index is 6.37. The van der Waals surface area contributed by atoms with E-state index in [1.54, 1.807) is 32.7 Å². The molecule has 0 saturated carbocycles. The van der Waals surface area contributed by atoms with Crippen LogP contribution in [0.5, 0.6) is 17.2 Å². The number of benzene rings is 1. The van der Waals surface area contributed by atoms with Gasteiger partial charge in [-0.25, -0.2) is 0 Å². The molecule has 0 aliphatic carbocycles. The van der Waals surface area contributed by atoms with Crippen LogP contribution in [-0.4, -0.2) is 21.3 Å². The Hall–Kier alpha value is -1.24. The van der Waals surface area contributed by atoms with Gasteiger partial charge in [0.15, 0.2) is 0 Å². The van der Waals surface area contributed by atoms with Crippen LogP contribution in [-0.2, 0) is 0 Å². The smallest absolute Gasteiger partial charge is 0.134 e. The van der Waals surface area contributed by atoms with E-state index in [-0.39, 0.29) is 6.04 Å². The summed E-state index contributed by atoms with van der Waals surface area (Å²) in [6.45, 7) is 0. The van der Waals surface area contributed by atoms with E-state index >= 15 is 0 Å². The van der Waals surface area contributed by atoms with Gasteiger partial charge in [-0.15, -0.1) is 11.3 Å². The summed E-state index contributed by atoms with van der Waals surface area (Å²) in [5.74, 6) is 2.21. The minimum absolute atomic E-state index is 0.332. The molecular formula is C14H16BrNO3S. The van der Waals surface area contributed by atoms with Gasteiger partial charge in [0.25, 0.3) is 0 Å². The van der Waals surface area contributed by atoms with E-state index in [1.807, 2.05) is 23.6 Å². The Labute approximate surface area is 130 Å². The van der Waals surface area contributed by atoms with E-state index in [0.717, 1.165) is 20.7 Å².